The molecule has 2 N–H and O–H groups in total. The fraction of sp³-hybridized carbons (Fsp3) is 0.500. The lowest BCUT2D eigenvalue weighted by atomic mass is 10.2. The zero-order valence-electron chi connectivity index (χ0n) is 10.7. The van der Waals surface area contributed by atoms with Gasteiger partial charge >= 0.3 is 0 Å². The van der Waals surface area contributed by atoms with E-state index < -0.39 is 11.6 Å². The highest BCUT2D eigenvalue weighted by atomic mass is 19.1. The van der Waals surface area contributed by atoms with Gasteiger partial charge in [-0.3, -0.25) is 4.79 Å². The van der Waals surface area contributed by atoms with Crippen molar-refractivity contribution in [1.82, 2.24) is 10.6 Å². The molecular formula is C14H18F2N2O. The van der Waals surface area contributed by atoms with Gasteiger partial charge in [-0.15, -0.1) is 0 Å². The van der Waals surface area contributed by atoms with Crippen molar-refractivity contribution in [3.8, 4) is 0 Å². The van der Waals surface area contributed by atoms with Crippen molar-refractivity contribution < 1.29 is 13.6 Å². The third-order valence-electron chi connectivity index (χ3n) is 3.33. The van der Waals surface area contributed by atoms with Gasteiger partial charge in [-0.1, -0.05) is 12.8 Å². The summed E-state index contributed by atoms with van der Waals surface area (Å²) < 4.78 is 26.2. The summed E-state index contributed by atoms with van der Waals surface area (Å²) in [5.41, 5.74) is 0.230. The summed E-state index contributed by atoms with van der Waals surface area (Å²) >= 11 is 0. The van der Waals surface area contributed by atoms with E-state index in [1.807, 2.05) is 0 Å². The Bertz CT molecular complexity index is 445. The van der Waals surface area contributed by atoms with E-state index in [4.69, 9.17) is 0 Å². The highest BCUT2D eigenvalue weighted by Crippen LogP contribution is 2.17. The van der Waals surface area contributed by atoms with E-state index in [-0.39, 0.29) is 30.6 Å². The van der Waals surface area contributed by atoms with Gasteiger partial charge in [0, 0.05) is 18.2 Å². The topological polar surface area (TPSA) is 41.1 Å². The first-order valence-electron chi connectivity index (χ1n) is 6.59. The first kappa shape index (κ1) is 13.9. The Labute approximate surface area is 111 Å². The average molecular weight is 268 g/mol. The maximum absolute atomic E-state index is 13.3. The van der Waals surface area contributed by atoms with Gasteiger partial charge in [-0.2, -0.15) is 0 Å². The molecule has 1 amide bonds. The summed E-state index contributed by atoms with van der Waals surface area (Å²) in [6.07, 6.45) is 4.38. The number of hydrogen-bond acceptors (Lipinski definition) is 2. The first-order valence-corrected chi connectivity index (χ1v) is 6.59. The number of carbonyl (C=O) groups is 1. The average Bonchev–Trinajstić information content (AvgIpc) is 2.86. The molecule has 0 bridgehead atoms. The quantitative estimate of drug-likeness (QED) is 0.858. The van der Waals surface area contributed by atoms with Gasteiger partial charge in [0.15, 0.2) is 0 Å². The molecule has 19 heavy (non-hydrogen) atoms. The number of amides is 1. The highest BCUT2D eigenvalue weighted by molar-refractivity contribution is 5.78. The Kier molecular flexibility index (Phi) is 4.85. The van der Waals surface area contributed by atoms with Crippen molar-refractivity contribution in [2.75, 3.05) is 6.54 Å². The van der Waals surface area contributed by atoms with E-state index in [0.29, 0.717) is 0 Å². The Hall–Kier alpha value is -1.49. The molecule has 0 radical (unpaired) electrons. The zero-order valence-corrected chi connectivity index (χ0v) is 10.7. The summed E-state index contributed by atoms with van der Waals surface area (Å²) in [6.45, 7) is 0.258. The molecule has 1 saturated carbocycles. The molecule has 1 aliphatic rings. The molecule has 2 rings (SSSR count). The van der Waals surface area contributed by atoms with Gasteiger partial charge in [0.25, 0.3) is 0 Å². The third kappa shape index (κ3) is 4.28. The van der Waals surface area contributed by atoms with E-state index in [1.165, 1.54) is 0 Å². The van der Waals surface area contributed by atoms with Gasteiger partial charge in [0.2, 0.25) is 5.91 Å². The molecule has 0 aliphatic heterocycles. The molecule has 0 spiro atoms. The maximum atomic E-state index is 13.3. The van der Waals surface area contributed by atoms with Crippen LogP contribution in [0.25, 0.3) is 0 Å². The Balaban J connectivity index is 1.73. The number of nitrogens with one attached hydrogen (secondary N) is 2. The van der Waals surface area contributed by atoms with Crippen LogP contribution in [0.3, 0.4) is 0 Å². The molecule has 1 aromatic rings. The predicted octanol–water partition coefficient (Wildman–Crippen LogP) is 2.11. The summed E-state index contributed by atoms with van der Waals surface area (Å²) in [5.74, 6) is -1.04. The number of benzene rings is 1. The standard InChI is InChI=1S/C14H18F2N2O/c15-11-5-6-13(16)10(7-11)8-17-9-14(19)18-12-3-1-2-4-12/h5-7,12,17H,1-4,8-9H2,(H,18,19). The molecule has 0 aromatic heterocycles. The van der Waals surface area contributed by atoms with Crippen molar-refractivity contribution in [2.45, 2.75) is 38.3 Å². The Morgan fingerprint density at radius 3 is 2.74 bits per heavy atom. The van der Waals surface area contributed by atoms with E-state index in [9.17, 15) is 13.6 Å². The highest BCUT2D eigenvalue weighted by Gasteiger charge is 2.16. The molecule has 1 aromatic carbocycles. The van der Waals surface area contributed by atoms with Crippen LogP contribution < -0.4 is 10.6 Å². The van der Waals surface area contributed by atoms with Crippen LogP contribution in [0.1, 0.15) is 31.2 Å². The van der Waals surface area contributed by atoms with Gasteiger partial charge in [-0.25, -0.2) is 8.78 Å². The van der Waals surface area contributed by atoms with E-state index in [1.54, 1.807) is 0 Å². The maximum Gasteiger partial charge on any atom is 0.234 e. The molecule has 0 heterocycles. The van der Waals surface area contributed by atoms with Crippen molar-refractivity contribution in [3.63, 3.8) is 0 Å². The molecule has 0 saturated heterocycles. The summed E-state index contributed by atoms with van der Waals surface area (Å²) in [4.78, 5) is 11.6. The Morgan fingerprint density at radius 2 is 2.00 bits per heavy atom. The van der Waals surface area contributed by atoms with Crippen molar-refractivity contribution in [1.29, 1.82) is 0 Å². The second kappa shape index (κ2) is 6.61. The number of rotatable bonds is 5. The molecule has 104 valence electrons. The molecule has 0 unspecified atom stereocenters. The van der Waals surface area contributed by atoms with Crippen LogP contribution in [0.15, 0.2) is 18.2 Å². The molecule has 5 heteroatoms. The fourth-order valence-corrected chi connectivity index (χ4v) is 2.34. The van der Waals surface area contributed by atoms with Crippen LogP contribution in [-0.2, 0) is 11.3 Å². The summed E-state index contributed by atoms with van der Waals surface area (Å²) in [6, 6.07) is 3.58. The van der Waals surface area contributed by atoms with Crippen molar-refractivity contribution in [3.05, 3.63) is 35.4 Å². The second-order valence-electron chi connectivity index (χ2n) is 4.89. The molecule has 1 aliphatic carbocycles. The lowest BCUT2D eigenvalue weighted by molar-refractivity contribution is -0.120. The SMILES string of the molecule is O=C(CNCc1cc(F)ccc1F)NC1CCCC1. The third-order valence-corrected chi connectivity index (χ3v) is 3.33. The van der Waals surface area contributed by atoms with Crippen molar-refractivity contribution >= 4 is 5.91 Å². The monoisotopic (exact) mass is 268 g/mol. The van der Waals surface area contributed by atoms with Gasteiger partial charge in [-0.05, 0) is 31.0 Å². The normalized spacial score (nSPS) is 15.7. The van der Waals surface area contributed by atoms with E-state index >= 15 is 0 Å². The van der Waals surface area contributed by atoms with Crippen LogP contribution in [0.2, 0.25) is 0 Å². The van der Waals surface area contributed by atoms with Crippen LogP contribution >= 0.6 is 0 Å². The van der Waals surface area contributed by atoms with Crippen LogP contribution in [0.5, 0.6) is 0 Å². The molecule has 1 fully saturated rings. The number of carbonyl (C=O) groups excluding carboxylic acids is 1. The molecule has 0 atom stereocenters. The smallest absolute Gasteiger partial charge is 0.234 e. The van der Waals surface area contributed by atoms with Crippen LogP contribution in [0.4, 0.5) is 8.78 Å². The van der Waals surface area contributed by atoms with Crippen LogP contribution in [0, 0.1) is 11.6 Å². The minimum Gasteiger partial charge on any atom is -0.352 e. The minimum absolute atomic E-state index is 0.0938. The van der Waals surface area contributed by atoms with Gasteiger partial charge in [0.1, 0.15) is 11.6 Å². The lowest BCUT2D eigenvalue weighted by Gasteiger charge is -2.12. The fourth-order valence-electron chi connectivity index (χ4n) is 2.34. The van der Waals surface area contributed by atoms with Crippen molar-refractivity contribution in [2.24, 2.45) is 0 Å². The first-order chi connectivity index (χ1) is 9.15. The number of halogens is 2. The van der Waals surface area contributed by atoms with E-state index in [0.717, 1.165) is 43.9 Å². The lowest BCUT2D eigenvalue weighted by Crippen LogP contribution is -2.39. The summed E-state index contributed by atoms with van der Waals surface area (Å²) in [7, 11) is 0. The number of hydrogen-bond donors (Lipinski definition) is 2. The molecular weight excluding hydrogens is 250 g/mol. The summed E-state index contributed by atoms with van der Waals surface area (Å²) in [5, 5.41) is 5.75. The Morgan fingerprint density at radius 1 is 1.26 bits per heavy atom. The van der Waals surface area contributed by atoms with E-state index in [2.05, 4.69) is 10.6 Å². The molecule has 3 nitrogen and oxygen atoms in total. The van der Waals surface area contributed by atoms with Gasteiger partial charge < -0.3 is 10.6 Å². The minimum atomic E-state index is -0.478. The zero-order chi connectivity index (χ0) is 13.7. The van der Waals surface area contributed by atoms with Crippen LogP contribution in [-0.4, -0.2) is 18.5 Å². The second-order valence-corrected chi connectivity index (χ2v) is 4.89. The predicted molar refractivity (Wildman–Crippen MR) is 68.5 cm³/mol. The van der Waals surface area contributed by atoms with Gasteiger partial charge in [0.05, 0.1) is 6.54 Å². The largest absolute Gasteiger partial charge is 0.352 e.